The summed E-state index contributed by atoms with van der Waals surface area (Å²) in [5.74, 6) is 0.113. The number of nitrogens with two attached hydrogens (primary N) is 1. The lowest BCUT2D eigenvalue weighted by molar-refractivity contribution is 0.0600. The van der Waals surface area contributed by atoms with Crippen LogP contribution in [0.3, 0.4) is 0 Å². The number of benzene rings is 1. The predicted molar refractivity (Wildman–Crippen MR) is 97.3 cm³/mol. The van der Waals surface area contributed by atoms with Crippen molar-refractivity contribution in [1.29, 1.82) is 10.5 Å². The molecule has 0 aliphatic rings. The van der Waals surface area contributed by atoms with Crippen molar-refractivity contribution < 1.29 is 14.6 Å². The maximum atomic E-state index is 11.6. The van der Waals surface area contributed by atoms with E-state index in [1.54, 1.807) is 24.3 Å². The Bertz CT molecular complexity index is 899. The molecule has 2 rings (SSSR count). The minimum absolute atomic E-state index is 0.0303. The van der Waals surface area contributed by atoms with Crippen LogP contribution in [0.1, 0.15) is 27.9 Å². The van der Waals surface area contributed by atoms with Crippen LogP contribution in [0.25, 0.3) is 11.1 Å². The van der Waals surface area contributed by atoms with E-state index in [1.807, 2.05) is 6.07 Å². The van der Waals surface area contributed by atoms with E-state index in [0.29, 0.717) is 33.9 Å². The van der Waals surface area contributed by atoms with Crippen LogP contribution >= 0.6 is 11.8 Å². The van der Waals surface area contributed by atoms with E-state index in [0.717, 1.165) is 0 Å². The van der Waals surface area contributed by atoms with E-state index in [4.69, 9.17) is 10.8 Å². The highest BCUT2D eigenvalue weighted by Gasteiger charge is 2.20. The van der Waals surface area contributed by atoms with Crippen LogP contribution < -0.4 is 5.73 Å². The summed E-state index contributed by atoms with van der Waals surface area (Å²) < 4.78 is 4.67. The van der Waals surface area contributed by atoms with Crippen molar-refractivity contribution in [1.82, 2.24) is 4.98 Å². The van der Waals surface area contributed by atoms with E-state index in [9.17, 15) is 15.3 Å². The van der Waals surface area contributed by atoms with Crippen LogP contribution in [0, 0.1) is 22.7 Å². The third-order valence-corrected chi connectivity index (χ3v) is 4.61. The molecule has 0 amide bonds. The van der Waals surface area contributed by atoms with Gasteiger partial charge in [0.25, 0.3) is 0 Å². The largest absolute Gasteiger partial charge is 0.465 e. The van der Waals surface area contributed by atoms with Gasteiger partial charge in [0.1, 0.15) is 28.5 Å². The van der Waals surface area contributed by atoms with Crippen molar-refractivity contribution in [2.24, 2.45) is 0 Å². The second-order valence-electron chi connectivity index (χ2n) is 5.15. The van der Waals surface area contributed by atoms with E-state index in [-0.39, 0.29) is 23.6 Å². The van der Waals surface area contributed by atoms with E-state index < -0.39 is 5.97 Å². The van der Waals surface area contributed by atoms with Crippen molar-refractivity contribution >= 4 is 23.5 Å². The number of pyridine rings is 1. The fourth-order valence-electron chi connectivity index (χ4n) is 2.32. The highest BCUT2D eigenvalue weighted by molar-refractivity contribution is 7.99. The highest BCUT2D eigenvalue weighted by atomic mass is 32.2. The van der Waals surface area contributed by atoms with Crippen molar-refractivity contribution in [3.8, 4) is 23.3 Å². The second-order valence-corrected chi connectivity index (χ2v) is 6.23. The summed E-state index contributed by atoms with van der Waals surface area (Å²) in [6, 6.07) is 10.5. The molecule has 1 aromatic heterocycles. The zero-order valence-corrected chi connectivity index (χ0v) is 14.8. The Morgan fingerprint density at radius 1 is 1.27 bits per heavy atom. The summed E-state index contributed by atoms with van der Waals surface area (Å²) in [7, 11) is 1.29. The lowest BCUT2D eigenvalue weighted by Crippen LogP contribution is -2.04. The number of thioether (sulfide) groups is 1. The third-order valence-electron chi connectivity index (χ3n) is 3.55. The molecule has 0 radical (unpaired) electrons. The van der Waals surface area contributed by atoms with Crippen LogP contribution in [-0.4, -0.2) is 35.5 Å². The first-order chi connectivity index (χ1) is 12.6. The molecule has 0 fully saturated rings. The molecule has 132 valence electrons. The zero-order valence-electron chi connectivity index (χ0n) is 14.0. The second kappa shape index (κ2) is 8.86. The van der Waals surface area contributed by atoms with Crippen molar-refractivity contribution in [3.05, 3.63) is 41.0 Å². The minimum Gasteiger partial charge on any atom is -0.465 e. The maximum absolute atomic E-state index is 11.6. The molecule has 7 nitrogen and oxygen atoms in total. The first kappa shape index (κ1) is 19.3. The van der Waals surface area contributed by atoms with Gasteiger partial charge in [-0.15, -0.1) is 11.8 Å². The van der Waals surface area contributed by atoms with Gasteiger partial charge < -0.3 is 15.6 Å². The SMILES string of the molecule is COC(=O)c1ccc(-c2c(C#N)c(N)nc(SCCCO)c2C#N)cc1. The van der Waals surface area contributed by atoms with Gasteiger partial charge in [0.05, 0.1) is 18.2 Å². The summed E-state index contributed by atoms with van der Waals surface area (Å²) in [4.78, 5) is 15.8. The molecule has 26 heavy (non-hydrogen) atoms. The molecule has 3 N–H and O–H groups in total. The fourth-order valence-corrected chi connectivity index (χ4v) is 3.24. The molecule has 0 aliphatic heterocycles. The maximum Gasteiger partial charge on any atom is 0.337 e. The zero-order chi connectivity index (χ0) is 19.1. The topological polar surface area (TPSA) is 133 Å². The van der Waals surface area contributed by atoms with E-state index >= 15 is 0 Å². The standard InChI is InChI=1S/C18H16N4O3S/c1-25-18(24)12-5-3-11(4-6-12)15-13(9-19)16(21)22-17(14(15)10-20)26-8-2-7-23/h3-6,23H,2,7-8H2,1H3,(H2,21,22). The quantitative estimate of drug-likeness (QED) is 0.451. The number of aliphatic hydroxyl groups excluding tert-OH is 1. The van der Waals surface area contributed by atoms with Gasteiger partial charge in [0.15, 0.2) is 0 Å². The van der Waals surface area contributed by atoms with Crippen molar-refractivity contribution in [3.63, 3.8) is 0 Å². The number of hydrogen-bond donors (Lipinski definition) is 2. The molecular formula is C18H16N4O3S. The Kier molecular flexibility index (Phi) is 6.56. The van der Waals surface area contributed by atoms with Crippen LogP contribution in [0.5, 0.6) is 0 Å². The molecule has 0 unspecified atom stereocenters. The van der Waals surface area contributed by atoms with Crippen LogP contribution in [0.15, 0.2) is 29.3 Å². The Labute approximate surface area is 155 Å². The van der Waals surface area contributed by atoms with Crippen molar-refractivity contribution in [2.75, 3.05) is 25.2 Å². The van der Waals surface area contributed by atoms with Gasteiger partial charge in [-0.05, 0) is 24.1 Å². The average Bonchev–Trinajstić information content (AvgIpc) is 2.67. The Hall–Kier alpha value is -3.07. The average molecular weight is 368 g/mol. The number of nitriles is 2. The summed E-state index contributed by atoms with van der Waals surface area (Å²) in [6.07, 6.45) is 0.542. The van der Waals surface area contributed by atoms with Gasteiger partial charge in [0.2, 0.25) is 0 Å². The smallest absolute Gasteiger partial charge is 0.337 e. The number of ether oxygens (including phenoxy) is 1. The monoisotopic (exact) mass is 368 g/mol. The minimum atomic E-state index is -0.480. The first-order valence-corrected chi connectivity index (χ1v) is 8.62. The highest BCUT2D eigenvalue weighted by Crippen LogP contribution is 2.35. The number of carbonyl (C=O) groups is 1. The number of methoxy groups -OCH3 is 1. The van der Waals surface area contributed by atoms with Gasteiger partial charge in [-0.1, -0.05) is 12.1 Å². The molecule has 0 atom stereocenters. The summed E-state index contributed by atoms with van der Waals surface area (Å²) in [6.45, 7) is 0.0303. The molecule has 0 spiro atoms. The Morgan fingerprint density at radius 2 is 1.92 bits per heavy atom. The van der Waals surface area contributed by atoms with Crippen LogP contribution in [-0.2, 0) is 4.74 Å². The molecule has 0 saturated carbocycles. The summed E-state index contributed by atoms with van der Waals surface area (Å²) >= 11 is 1.29. The number of hydrogen-bond acceptors (Lipinski definition) is 8. The number of carbonyl (C=O) groups excluding carboxylic acids is 1. The number of rotatable bonds is 6. The molecule has 2 aromatic rings. The number of esters is 1. The molecular weight excluding hydrogens is 352 g/mol. The lowest BCUT2D eigenvalue weighted by atomic mass is 9.96. The number of aliphatic hydroxyl groups is 1. The van der Waals surface area contributed by atoms with Crippen LogP contribution in [0.2, 0.25) is 0 Å². The number of aromatic nitrogens is 1. The normalized spacial score (nSPS) is 10.0. The van der Waals surface area contributed by atoms with Gasteiger partial charge in [-0.2, -0.15) is 10.5 Å². The molecule has 1 aromatic carbocycles. The van der Waals surface area contributed by atoms with Crippen LogP contribution in [0.4, 0.5) is 5.82 Å². The molecule has 0 saturated heterocycles. The Balaban J connectivity index is 2.60. The molecule has 1 heterocycles. The van der Waals surface area contributed by atoms with E-state index in [1.165, 1.54) is 18.9 Å². The number of nitrogen functional groups attached to an aromatic ring is 1. The Morgan fingerprint density at radius 3 is 2.46 bits per heavy atom. The number of nitrogens with zero attached hydrogens (tertiary/aromatic N) is 3. The first-order valence-electron chi connectivity index (χ1n) is 7.63. The fraction of sp³-hybridized carbons (Fsp3) is 0.222. The molecule has 0 aliphatic carbocycles. The lowest BCUT2D eigenvalue weighted by Gasteiger charge is -2.13. The van der Waals surface area contributed by atoms with E-state index in [2.05, 4.69) is 15.8 Å². The van der Waals surface area contributed by atoms with Gasteiger partial charge in [-0.3, -0.25) is 0 Å². The van der Waals surface area contributed by atoms with Gasteiger partial charge in [-0.25, -0.2) is 9.78 Å². The third kappa shape index (κ3) is 3.94. The molecule has 0 bridgehead atoms. The van der Waals surface area contributed by atoms with Gasteiger partial charge >= 0.3 is 5.97 Å². The van der Waals surface area contributed by atoms with Gasteiger partial charge in [0, 0.05) is 17.9 Å². The van der Waals surface area contributed by atoms with Crippen molar-refractivity contribution in [2.45, 2.75) is 11.4 Å². The summed E-state index contributed by atoms with van der Waals surface area (Å²) in [5.41, 5.74) is 7.58. The summed E-state index contributed by atoms with van der Waals surface area (Å²) in [5, 5.41) is 28.4. The predicted octanol–water partition coefficient (Wildman–Crippen LogP) is 2.34. The number of anilines is 1. The molecule has 8 heteroatoms.